The molecule has 1 amide bonds. The first-order valence-electron chi connectivity index (χ1n) is 10.8. The lowest BCUT2D eigenvalue weighted by Crippen LogP contribution is -2.49. The number of nitrogens with zero attached hydrogens (tertiary/aromatic N) is 3. The maximum atomic E-state index is 13.4. The number of morpholine rings is 1. The molecule has 2 fully saturated rings. The van der Waals surface area contributed by atoms with Crippen LogP contribution in [0.3, 0.4) is 0 Å². The number of benzene rings is 1. The first-order chi connectivity index (χ1) is 14.5. The summed E-state index contributed by atoms with van der Waals surface area (Å²) in [6.45, 7) is 9.07. The highest BCUT2D eigenvalue weighted by atomic mass is 19.1. The van der Waals surface area contributed by atoms with E-state index in [1.807, 2.05) is 30.9 Å². The number of hydrogen-bond donors (Lipinski definition) is 2. The number of ether oxygens (including phenoxy) is 1. The van der Waals surface area contributed by atoms with Gasteiger partial charge in [0.05, 0.1) is 19.3 Å². The number of nitrogens with one attached hydrogen (secondary N) is 2. The van der Waals surface area contributed by atoms with Crippen molar-refractivity contribution in [3.05, 3.63) is 35.6 Å². The summed E-state index contributed by atoms with van der Waals surface area (Å²) in [4.78, 5) is 20.9. The average molecular weight is 420 g/mol. The monoisotopic (exact) mass is 419 g/mol. The van der Waals surface area contributed by atoms with Crippen LogP contribution in [0.1, 0.15) is 31.9 Å². The fourth-order valence-electron chi connectivity index (χ4n) is 4.06. The zero-order valence-corrected chi connectivity index (χ0v) is 18.2. The lowest BCUT2D eigenvalue weighted by atomic mass is 10.0. The highest BCUT2D eigenvalue weighted by Gasteiger charge is 2.28. The number of aliphatic imine (C=N–C) groups is 1. The van der Waals surface area contributed by atoms with Crippen LogP contribution in [0.2, 0.25) is 0 Å². The molecule has 7 nitrogen and oxygen atoms in total. The normalized spacial score (nSPS) is 21.7. The van der Waals surface area contributed by atoms with Gasteiger partial charge in [0.2, 0.25) is 5.91 Å². The SMILES string of the molecule is CN=C(NCC(c1ccc(F)cc1)N1CCOCC1)NC1CCN(C(=O)C(C)C)C1. The average Bonchev–Trinajstić information content (AvgIpc) is 3.22. The van der Waals surface area contributed by atoms with Crippen molar-refractivity contribution in [2.45, 2.75) is 32.4 Å². The molecule has 0 aliphatic carbocycles. The maximum absolute atomic E-state index is 13.4. The summed E-state index contributed by atoms with van der Waals surface area (Å²) >= 11 is 0. The number of guanidine groups is 1. The molecule has 0 bridgehead atoms. The molecule has 2 heterocycles. The van der Waals surface area contributed by atoms with Crippen LogP contribution >= 0.6 is 0 Å². The van der Waals surface area contributed by atoms with Crippen molar-refractivity contribution in [2.24, 2.45) is 10.9 Å². The molecule has 30 heavy (non-hydrogen) atoms. The van der Waals surface area contributed by atoms with E-state index in [1.54, 1.807) is 7.05 Å². The minimum absolute atomic E-state index is 0.0196. The van der Waals surface area contributed by atoms with Crippen LogP contribution < -0.4 is 10.6 Å². The summed E-state index contributed by atoms with van der Waals surface area (Å²) in [5.41, 5.74) is 1.07. The third-order valence-electron chi connectivity index (χ3n) is 5.76. The minimum atomic E-state index is -0.230. The van der Waals surface area contributed by atoms with E-state index < -0.39 is 0 Å². The van der Waals surface area contributed by atoms with Gasteiger partial charge < -0.3 is 20.3 Å². The fourth-order valence-corrected chi connectivity index (χ4v) is 4.06. The van der Waals surface area contributed by atoms with Gasteiger partial charge in [-0.25, -0.2) is 4.39 Å². The van der Waals surface area contributed by atoms with Crippen molar-refractivity contribution in [1.29, 1.82) is 0 Å². The van der Waals surface area contributed by atoms with E-state index in [4.69, 9.17) is 4.74 Å². The Balaban J connectivity index is 1.59. The molecular weight excluding hydrogens is 385 g/mol. The van der Waals surface area contributed by atoms with E-state index >= 15 is 0 Å². The molecule has 166 valence electrons. The van der Waals surface area contributed by atoms with Crippen molar-refractivity contribution in [3.8, 4) is 0 Å². The van der Waals surface area contributed by atoms with Gasteiger partial charge in [-0.05, 0) is 24.1 Å². The second kappa shape index (κ2) is 10.7. The molecule has 2 N–H and O–H groups in total. The van der Waals surface area contributed by atoms with E-state index in [1.165, 1.54) is 12.1 Å². The Kier molecular flexibility index (Phi) is 8.04. The first kappa shape index (κ1) is 22.5. The molecule has 0 spiro atoms. The van der Waals surface area contributed by atoms with Gasteiger partial charge in [-0.1, -0.05) is 26.0 Å². The molecule has 2 saturated heterocycles. The van der Waals surface area contributed by atoms with Crippen LogP contribution in [-0.4, -0.2) is 80.7 Å². The van der Waals surface area contributed by atoms with Crippen molar-refractivity contribution >= 4 is 11.9 Å². The summed E-state index contributed by atoms with van der Waals surface area (Å²) in [6, 6.07) is 6.99. The zero-order chi connectivity index (χ0) is 21.5. The lowest BCUT2D eigenvalue weighted by molar-refractivity contribution is -0.133. The van der Waals surface area contributed by atoms with Gasteiger partial charge in [-0.15, -0.1) is 0 Å². The van der Waals surface area contributed by atoms with Gasteiger partial charge in [0.15, 0.2) is 5.96 Å². The topological polar surface area (TPSA) is 69.2 Å². The van der Waals surface area contributed by atoms with Crippen LogP contribution in [0, 0.1) is 11.7 Å². The second-order valence-electron chi connectivity index (χ2n) is 8.24. The molecule has 2 aliphatic rings. The summed E-state index contributed by atoms with van der Waals surface area (Å²) in [5, 5.41) is 6.88. The lowest BCUT2D eigenvalue weighted by Gasteiger charge is -2.35. The molecule has 1 aromatic rings. The largest absolute Gasteiger partial charge is 0.379 e. The number of rotatable bonds is 6. The van der Waals surface area contributed by atoms with Gasteiger partial charge in [-0.2, -0.15) is 0 Å². The molecule has 0 saturated carbocycles. The van der Waals surface area contributed by atoms with Crippen LogP contribution in [0.15, 0.2) is 29.3 Å². The molecule has 8 heteroatoms. The smallest absolute Gasteiger partial charge is 0.225 e. The molecule has 2 aliphatic heterocycles. The third-order valence-corrected chi connectivity index (χ3v) is 5.76. The van der Waals surface area contributed by atoms with Gasteiger partial charge in [0.25, 0.3) is 0 Å². The first-order valence-corrected chi connectivity index (χ1v) is 10.8. The van der Waals surface area contributed by atoms with E-state index in [0.29, 0.717) is 26.3 Å². The summed E-state index contributed by atoms with van der Waals surface area (Å²) < 4.78 is 18.9. The predicted molar refractivity (Wildman–Crippen MR) is 116 cm³/mol. The Morgan fingerprint density at radius 3 is 2.57 bits per heavy atom. The highest BCUT2D eigenvalue weighted by Crippen LogP contribution is 2.22. The Morgan fingerprint density at radius 2 is 1.93 bits per heavy atom. The van der Waals surface area contributed by atoms with E-state index in [2.05, 4.69) is 20.5 Å². The number of carbonyl (C=O) groups excluding carboxylic acids is 1. The molecule has 2 unspecified atom stereocenters. The van der Waals surface area contributed by atoms with Gasteiger partial charge in [0, 0.05) is 51.7 Å². The molecule has 0 radical (unpaired) electrons. The molecule has 0 aromatic heterocycles. The Bertz CT molecular complexity index is 719. The fraction of sp³-hybridized carbons (Fsp3) is 0.636. The van der Waals surface area contributed by atoms with E-state index in [0.717, 1.165) is 37.6 Å². The van der Waals surface area contributed by atoms with Gasteiger partial charge in [-0.3, -0.25) is 14.7 Å². The van der Waals surface area contributed by atoms with Crippen LogP contribution in [-0.2, 0) is 9.53 Å². The Morgan fingerprint density at radius 1 is 1.23 bits per heavy atom. The molecule has 2 atom stereocenters. The highest BCUT2D eigenvalue weighted by molar-refractivity contribution is 5.81. The maximum Gasteiger partial charge on any atom is 0.225 e. The van der Waals surface area contributed by atoms with E-state index in [9.17, 15) is 9.18 Å². The second-order valence-corrected chi connectivity index (χ2v) is 8.24. The Hall–Kier alpha value is -2.19. The van der Waals surface area contributed by atoms with Crippen LogP contribution in [0.5, 0.6) is 0 Å². The van der Waals surface area contributed by atoms with Crippen molar-refractivity contribution in [3.63, 3.8) is 0 Å². The standard InChI is InChI=1S/C22H34FN5O2/c1-16(2)21(29)28-9-8-19(15-28)26-22(24-3)25-14-20(27-10-12-30-13-11-27)17-4-6-18(23)7-5-17/h4-7,16,19-20H,8-15H2,1-3H3,(H2,24,25,26). The summed E-state index contributed by atoms with van der Waals surface area (Å²) in [7, 11) is 1.75. The third kappa shape index (κ3) is 5.92. The number of amides is 1. The molecular formula is C22H34FN5O2. The molecule has 1 aromatic carbocycles. The van der Waals surface area contributed by atoms with E-state index in [-0.39, 0.29) is 29.7 Å². The molecule has 3 rings (SSSR count). The Labute approximate surface area is 178 Å². The van der Waals surface area contributed by atoms with Crippen molar-refractivity contribution in [1.82, 2.24) is 20.4 Å². The quantitative estimate of drug-likeness (QED) is 0.542. The number of halogens is 1. The van der Waals surface area contributed by atoms with Crippen molar-refractivity contribution < 1.29 is 13.9 Å². The van der Waals surface area contributed by atoms with Gasteiger partial charge in [0.1, 0.15) is 5.82 Å². The number of hydrogen-bond acceptors (Lipinski definition) is 4. The minimum Gasteiger partial charge on any atom is -0.379 e. The van der Waals surface area contributed by atoms with Gasteiger partial charge >= 0.3 is 0 Å². The van der Waals surface area contributed by atoms with Crippen LogP contribution in [0.4, 0.5) is 4.39 Å². The number of carbonyl (C=O) groups is 1. The van der Waals surface area contributed by atoms with Crippen molar-refractivity contribution in [2.75, 3.05) is 53.0 Å². The number of likely N-dealkylation sites (tertiary alicyclic amines) is 1. The van der Waals surface area contributed by atoms with Crippen LogP contribution in [0.25, 0.3) is 0 Å². The summed E-state index contributed by atoms with van der Waals surface area (Å²) in [5.74, 6) is 0.711. The predicted octanol–water partition coefficient (Wildman–Crippen LogP) is 1.62. The zero-order valence-electron chi connectivity index (χ0n) is 18.2. The summed E-state index contributed by atoms with van der Waals surface area (Å²) in [6.07, 6.45) is 0.907.